The van der Waals surface area contributed by atoms with Crippen LogP contribution in [0.15, 0.2) is 0 Å². The summed E-state index contributed by atoms with van der Waals surface area (Å²) in [5.41, 5.74) is 2.27. The number of aldehydes is 1. The first-order chi connectivity index (χ1) is 5.87. The summed E-state index contributed by atoms with van der Waals surface area (Å²) in [6.45, 7) is -0.855. The molecule has 0 fully saturated rings. The van der Waals surface area contributed by atoms with Crippen LogP contribution in [-0.2, 0) is 4.79 Å². The molecule has 7 nitrogen and oxygen atoms in total. The number of hydrogen-bond acceptors (Lipinski definition) is 7. The van der Waals surface area contributed by atoms with Crippen LogP contribution in [0.2, 0.25) is 0 Å². The van der Waals surface area contributed by atoms with Gasteiger partial charge in [0.1, 0.15) is 12.2 Å². The van der Waals surface area contributed by atoms with Crippen molar-refractivity contribution in [3.05, 3.63) is 0 Å². The molecule has 0 unspecified atom stereocenters. The van der Waals surface area contributed by atoms with E-state index in [-0.39, 0.29) is 6.29 Å². The van der Waals surface area contributed by atoms with Gasteiger partial charge in [-0.05, 0) is 0 Å². The second-order valence-corrected chi connectivity index (χ2v) is 2.66. The molecule has 13 heavy (non-hydrogen) atoms. The average Bonchev–Trinajstić information content (AvgIpc) is 2.13. The van der Waals surface area contributed by atoms with E-state index < -0.39 is 30.6 Å². The van der Waals surface area contributed by atoms with Gasteiger partial charge in [0.15, 0.2) is 18.1 Å². The highest BCUT2D eigenvalue weighted by molar-refractivity contribution is 5.58. The minimum atomic E-state index is -2.68. The van der Waals surface area contributed by atoms with E-state index in [1.165, 1.54) is 0 Å². The summed E-state index contributed by atoms with van der Waals surface area (Å²) in [4.78, 5) is 10.0. The number of aliphatic hydroxyl groups excluding tert-OH is 4. The molecule has 0 aromatic rings. The number of carbonyl (C=O) groups excluding carboxylic acids is 1. The lowest BCUT2D eigenvalue weighted by Crippen LogP contribution is -2.64. The van der Waals surface area contributed by atoms with Gasteiger partial charge in [-0.1, -0.05) is 0 Å². The van der Waals surface area contributed by atoms with E-state index >= 15 is 0 Å². The summed E-state index contributed by atoms with van der Waals surface area (Å²) in [6.07, 6.45) is -5.88. The number of rotatable bonds is 5. The first-order valence-corrected chi connectivity index (χ1v) is 3.49. The van der Waals surface area contributed by atoms with Crippen LogP contribution in [0, 0.1) is 0 Å². The van der Waals surface area contributed by atoms with Crippen LogP contribution in [-0.4, -0.2) is 62.5 Å². The van der Waals surface area contributed by atoms with Gasteiger partial charge < -0.3 is 30.3 Å². The Hall–Kier alpha value is -0.570. The van der Waals surface area contributed by atoms with Crippen molar-refractivity contribution >= 4 is 6.29 Å². The molecule has 4 atom stereocenters. The highest BCUT2D eigenvalue weighted by Gasteiger charge is 2.42. The second kappa shape index (κ2) is 4.61. The Kier molecular flexibility index (Phi) is 4.40. The van der Waals surface area contributed by atoms with Gasteiger partial charge in [0.25, 0.3) is 0 Å². The maximum Gasteiger partial charge on any atom is 0.175 e. The minimum absolute atomic E-state index is 0.0900. The minimum Gasteiger partial charge on any atom is -0.394 e. The summed E-state index contributed by atoms with van der Waals surface area (Å²) in [5.74, 6) is 0. The molecule has 0 aromatic heterocycles. The quantitative estimate of drug-likeness (QED) is 0.193. The number of hydrogen-bond donors (Lipinski definition) is 6. The standard InChI is InChI=1S/C6H13NO6/c7-6(13,4(11)2-9)5(12)3(10)1-8/h2-5,8,10-13H,1,7H2/t3-,4+,5+,6-/m1/s1. The molecule has 0 aliphatic carbocycles. The molecule has 0 rings (SSSR count). The predicted molar refractivity (Wildman–Crippen MR) is 40.3 cm³/mol. The molecule has 78 valence electrons. The molecule has 0 aromatic carbocycles. The van der Waals surface area contributed by atoms with E-state index in [0.717, 1.165) is 0 Å². The molecule has 0 saturated carbocycles. The zero-order valence-electron chi connectivity index (χ0n) is 6.74. The van der Waals surface area contributed by atoms with Gasteiger partial charge in [-0.2, -0.15) is 0 Å². The second-order valence-electron chi connectivity index (χ2n) is 2.66. The lowest BCUT2D eigenvalue weighted by atomic mass is 9.97. The number of carbonyl (C=O) groups is 1. The van der Waals surface area contributed by atoms with Gasteiger partial charge in [0.05, 0.1) is 6.61 Å². The molecule has 0 aliphatic rings. The fourth-order valence-electron chi connectivity index (χ4n) is 0.692. The summed E-state index contributed by atoms with van der Waals surface area (Å²) in [6, 6.07) is 0. The Morgan fingerprint density at radius 1 is 1.38 bits per heavy atom. The van der Waals surface area contributed by atoms with Crippen molar-refractivity contribution in [1.29, 1.82) is 0 Å². The van der Waals surface area contributed by atoms with E-state index in [1.54, 1.807) is 0 Å². The molecule has 0 radical (unpaired) electrons. The van der Waals surface area contributed by atoms with Crippen LogP contribution < -0.4 is 5.73 Å². The molecular weight excluding hydrogens is 182 g/mol. The third-order valence-electron chi connectivity index (χ3n) is 1.63. The lowest BCUT2D eigenvalue weighted by molar-refractivity contribution is -0.178. The molecule has 0 spiro atoms. The van der Waals surface area contributed by atoms with E-state index in [4.69, 9.17) is 31.3 Å². The first-order valence-electron chi connectivity index (χ1n) is 3.49. The maximum absolute atomic E-state index is 10.0. The van der Waals surface area contributed by atoms with E-state index in [2.05, 4.69) is 0 Å². The van der Waals surface area contributed by atoms with Crippen molar-refractivity contribution in [3.8, 4) is 0 Å². The van der Waals surface area contributed by atoms with Crippen LogP contribution in [0.25, 0.3) is 0 Å². The molecule has 0 aliphatic heterocycles. The van der Waals surface area contributed by atoms with Crippen molar-refractivity contribution in [2.75, 3.05) is 6.61 Å². The number of nitrogens with two attached hydrogens (primary N) is 1. The van der Waals surface area contributed by atoms with Gasteiger partial charge in [-0.25, -0.2) is 0 Å². The van der Waals surface area contributed by atoms with Crippen molar-refractivity contribution in [3.63, 3.8) is 0 Å². The summed E-state index contributed by atoms with van der Waals surface area (Å²) >= 11 is 0. The molecule has 7 N–H and O–H groups in total. The summed E-state index contributed by atoms with van der Waals surface area (Å²) < 4.78 is 0. The highest BCUT2D eigenvalue weighted by Crippen LogP contribution is 2.11. The highest BCUT2D eigenvalue weighted by atomic mass is 16.4. The van der Waals surface area contributed by atoms with Crippen LogP contribution in [0.3, 0.4) is 0 Å². The van der Waals surface area contributed by atoms with E-state index in [9.17, 15) is 4.79 Å². The molecule has 0 heterocycles. The fraction of sp³-hybridized carbons (Fsp3) is 0.833. The Bertz CT molecular complexity index is 173. The van der Waals surface area contributed by atoms with Gasteiger partial charge in [0, 0.05) is 0 Å². The normalized spacial score (nSPS) is 22.9. The van der Waals surface area contributed by atoms with Crippen LogP contribution in [0.5, 0.6) is 0 Å². The van der Waals surface area contributed by atoms with Crippen molar-refractivity contribution in [2.45, 2.75) is 24.0 Å². The van der Waals surface area contributed by atoms with Crippen molar-refractivity contribution < 1.29 is 30.3 Å². The molecular formula is C6H13NO6. The molecule has 7 heteroatoms. The number of aliphatic hydroxyl groups is 5. The molecule has 0 saturated heterocycles. The first kappa shape index (κ1) is 12.4. The largest absolute Gasteiger partial charge is 0.394 e. The average molecular weight is 195 g/mol. The van der Waals surface area contributed by atoms with Crippen molar-refractivity contribution in [2.24, 2.45) is 5.73 Å². The van der Waals surface area contributed by atoms with Crippen LogP contribution >= 0.6 is 0 Å². The SMILES string of the molecule is N[C@@](O)([C@@H](O)C=O)[C@@H](O)[C@H](O)CO. The van der Waals surface area contributed by atoms with Crippen molar-refractivity contribution in [1.82, 2.24) is 0 Å². The van der Waals surface area contributed by atoms with E-state index in [0.29, 0.717) is 0 Å². The van der Waals surface area contributed by atoms with Gasteiger partial charge in [-0.3, -0.25) is 5.73 Å². The van der Waals surface area contributed by atoms with Crippen LogP contribution in [0.4, 0.5) is 0 Å². The Morgan fingerprint density at radius 3 is 2.15 bits per heavy atom. The van der Waals surface area contributed by atoms with Crippen LogP contribution in [0.1, 0.15) is 0 Å². The third kappa shape index (κ3) is 2.69. The third-order valence-corrected chi connectivity index (χ3v) is 1.63. The fourth-order valence-corrected chi connectivity index (χ4v) is 0.692. The topological polar surface area (TPSA) is 144 Å². The Labute approximate surface area is 74.0 Å². The van der Waals surface area contributed by atoms with Gasteiger partial charge in [-0.15, -0.1) is 0 Å². The lowest BCUT2D eigenvalue weighted by Gasteiger charge is -2.32. The Morgan fingerprint density at radius 2 is 1.85 bits per heavy atom. The zero-order valence-corrected chi connectivity index (χ0v) is 6.74. The van der Waals surface area contributed by atoms with Gasteiger partial charge >= 0.3 is 0 Å². The Balaban J connectivity index is 4.51. The maximum atomic E-state index is 10.0. The summed E-state index contributed by atoms with van der Waals surface area (Å²) in [5, 5.41) is 44.2. The zero-order chi connectivity index (χ0) is 10.6. The molecule has 0 bridgehead atoms. The predicted octanol–water partition coefficient (Wildman–Crippen LogP) is -4.09. The van der Waals surface area contributed by atoms with E-state index in [1.807, 2.05) is 0 Å². The smallest absolute Gasteiger partial charge is 0.175 e. The monoisotopic (exact) mass is 195 g/mol. The van der Waals surface area contributed by atoms with Gasteiger partial charge in [0.2, 0.25) is 0 Å². The summed E-state index contributed by atoms with van der Waals surface area (Å²) in [7, 11) is 0. The molecule has 0 amide bonds.